The highest BCUT2D eigenvalue weighted by molar-refractivity contribution is 6.10. The van der Waals surface area contributed by atoms with Crippen molar-refractivity contribution >= 4 is 16.7 Å². The van der Waals surface area contributed by atoms with Crippen LogP contribution in [0, 0.1) is 0 Å². The standard InChI is InChI=1S/C16H17N5O3/c1-3-4-5-9-6-7-11-10(8-9)13(22)12(16(24)21(11)2)14(23)15-17-19-20-18-15/h6-8,22H,3-5H2,1-2H3,(H,17,18,19,20)/p-1. The summed E-state index contributed by atoms with van der Waals surface area (Å²) in [4.78, 5) is 24.9. The van der Waals surface area contributed by atoms with E-state index < -0.39 is 22.7 Å². The molecule has 0 amide bonds. The van der Waals surface area contributed by atoms with Crippen LogP contribution in [0.5, 0.6) is 5.75 Å². The first kappa shape index (κ1) is 15.9. The SMILES string of the molecule is CCCCc1ccc2c(c1)c([O-])c(C(=O)c1nn[nH]n1)c(=O)n2C. The molecular formula is C16H16N5O3-. The minimum atomic E-state index is -0.824. The minimum absolute atomic E-state index is 0.300. The molecular weight excluding hydrogens is 310 g/mol. The molecule has 1 aromatic carbocycles. The second kappa shape index (κ2) is 6.23. The van der Waals surface area contributed by atoms with Crippen molar-refractivity contribution in [2.24, 2.45) is 7.05 Å². The number of unbranched alkanes of at least 4 members (excludes halogenated alkanes) is 1. The van der Waals surface area contributed by atoms with E-state index in [0.717, 1.165) is 24.8 Å². The van der Waals surface area contributed by atoms with E-state index >= 15 is 0 Å². The van der Waals surface area contributed by atoms with Crippen LogP contribution in [0.3, 0.4) is 0 Å². The third-order valence-electron chi connectivity index (χ3n) is 4.01. The molecule has 0 aliphatic carbocycles. The number of tetrazole rings is 1. The molecule has 3 rings (SSSR count). The van der Waals surface area contributed by atoms with Gasteiger partial charge in [0.25, 0.3) is 5.56 Å². The zero-order valence-corrected chi connectivity index (χ0v) is 13.4. The Hall–Kier alpha value is -3.03. The molecule has 2 aromatic heterocycles. The molecule has 0 fully saturated rings. The number of benzene rings is 1. The first-order valence-corrected chi connectivity index (χ1v) is 7.65. The van der Waals surface area contributed by atoms with Gasteiger partial charge in [-0.15, -0.1) is 10.2 Å². The molecule has 0 saturated heterocycles. The zero-order chi connectivity index (χ0) is 17.3. The van der Waals surface area contributed by atoms with Crippen LogP contribution >= 0.6 is 0 Å². The molecule has 0 unspecified atom stereocenters. The molecule has 8 nitrogen and oxygen atoms in total. The number of aryl methyl sites for hydroxylation is 2. The first-order chi connectivity index (χ1) is 11.5. The highest BCUT2D eigenvalue weighted by Crippen LogP contribution is 2.26. The third kappa shape index (κ3) is 2.55. The van der Waals surface area contributed by atoms with Crippen LogP contribution < -0.4 is 10.7 Å². The van der Waals surface area contributed by atoms with E-state index in [9.17, 15) is 14.7 Å². The number of aromatic amines is 1. The van der Waals surface area contributed by atoms with Gasteiger partial charge in [0, 0.05) is 7.05 Å². The normalized spacial score (nSPS) is 11.1. The average molecular weight is 326 g/mol. The number of hydrogen-bond acceptors (Lipinski definition) is 6. The van der Waals surface area contributed by atoms with Gasteiger partial charge in [-0.1, -0.05) is 31.2 Å². The number of nitrogens with one attached hydrogen (secondary N) is 1. The monoisotopic (exact) mass is 326 g/mol. The maximum atomic E-state index is 12.7. The molecule has 1 N–H and O–H groups in total. The molecule has 2 heterocycles. The average Bonchev–Trinajstić information content (AvgIpc) is 3.12. The Morgan fingerprint density at radius 2 is 2.17 bits per heavy atom. The number of hydrogen-bond donors (Lipinski definition) is 1. The summed E-state index contributed by atoms with van der Waals surface area (Å²) < 4.78 is 1.30. The van der Waals surface area contributed by atoms with Crippen molar-refractivity contribution in [3.8, 4) is 5.75 Å². The molecule has 24 heavy (non-hydrogen) atoms. The van der Waals surface area contributed by atoms with Crippen LogP contribution in [-0.4, -0.2) is 31.0 Å². The molecule has 124 valence electrons. The van der Waals surface area contributed by atoms with Gasteiger partial charge >= 0.3 is 0 Å². The molecule has 8 heteroatoms. The van der Waals surface area contributed by atoms with E-state index in [4.69, 9.17) is 0 Å². The topological polar surface area (TPSA) is 117 Å². The summed E-state index contributed by atoms with van der Waals surface area (Å²) in [5, 5.41) is 25.6. The number of carbonyl (C=O) groups is 1. The van der Waals surface area contributed by atoms with E-state index in [1.165, 1.54) is 11.6 Å². The predicted molar refractivity (Wildman–Crippen MR) is 84.9 cm³/mol. The summed E-state index contributed by atoms with van der Waals surface area (Å²) in [7, 11) is 1.53. The second-order valence-corrected chi connectivity index (χ2v) is 5.59. The zero-order valence-electron chi connectivity index (χ0n) is 13.4. The van der Waals surface area contributed by atoms with E-state index in [-0.39, 0.29) is 5.82 Å². The summed E-state index contributed by atoms with van der Waals surface area (Å²) in [6.45, 7) is 2.09. The maximum absolute atomic E-state index is 12.7. The van der Waals surface area contributed by atoms with Gasteiger partial charge in [-0.05, 0) is 35.1 Å². The number of nitrogens with zero attached hydrogens (tertiary/aromatic N) is 4. The number of H-pyrrole nitrogens is 1. The van der Waals surface area contributed by atoms with Gasteiger partial charge in [0.05, 0.1) is 11.1 Å². The van der Waals surface area contributed by atoms with E-state index in [2.05, 4.69) is 27.5 Å². The Labute approximate surface area is 137 Å². The number of pyridine rings is 1. The lowest BCUT2D eigenvalue weighted by Crippen LogP contribution is -2.27. The lowest BCUT2D eigenvalue weighted by molar-refractivity contribution is -0.266. The number of rotatable bonds is 5. The Morgan fingerprint density at radius 1 is 1.38 bits per heavy atom. The fraction of sp³-hybridized carbons (Fsp3) is 0.312. The largest absolute Gasteiger partial charge is 0.871 e. The molecule has 0 spiro atoms. The lowest BCUT2D eigenvalue weighted by atomic mass is 10.0. The molecule has 0 aliphatic rings. The van der Waals surface area contributed by atoms with E-state index in [1.807, 2.05) is 6.07 Å². The molecule has 0 aliphatic heterocycles. The predicted octanol–water partition coefficient (Wildman–Crippen LogP) is 0.699. The van der Waals surface area contributed by atoms with Gasteiger partial charge in [0.1, 0.15) is 0 Å². The number of ketones is 1. The van der Waals surface area contributed by atoms with Crippen LogP contribution in [0.2, 0.25) is 0 Å². The fourth-order valence-corrected chi connectivity index (χ4v) is 2.67. The van der Waals surface area contributed by atoms with Gasteiger partial charge in [-0.3, -0.25) is 9.59 Å². The summed E-state index contributed by atoms with van der Waals surface area (Å²) in [5.74, 6) is -1.72. The van der Waals surface area contributed by atoms with Crippen LogP contribution in [0.1, 0.15) is 41.5 Å². The number of aromatic nitrogens is 5. The van der Waals surface area contributed by atoms with Crippen molar-refractivity contribution < 1.29 is 9.90 Å². The van der Waals surface area contributed by atoms with Crippen molar-refractivity contribution in [3.05, 3.63) is 45.5 Å². The van der Waals surface area contributed by atoms with Crippen molar-refractivity contribution in [3.63, 3.8) is 0 Å². The maximum Gasteiger partial charge on any atom is 0.261 e. The minimum Gasteiger partial charge on any atom is -0.871 e. The van der Waals surface area contributed by atoms with E-state index in [1.54, 1.807) is 12.1 Å². The smallest absolute Gasteiger partial charge is 0.261 e. The Kier molecular flexibility index (Phi) is 4.11. The first-order valence-electron chi connectivity index (χ1n) is 7.65. The van der Waals surface area contributed by atoms with Gasteiger partial charge in [-0.25, -0.2) is 0 Å². The van der Waals surface area contributed by atoms with Crippen LogP contribution in [0.15, 0.2) is 23.0 Å². The summed E-state index contributed by atoms with van der Waals surface area (Å²) in [6.07, 6.45) is 2.88. The van der Waals surface area contributed by atoms with Crippen molar-refractivity contribution in [2.75, 3.05) is 0 Å². The Balaban J connectivity index is 2.22. The Morgan fingerprint density at radius 3 is 2.83 bits per heavy atom. The van der Waals surface area contributed by atoms with Crippen LogP contribution in [-0.2, 0) is 13.5 Å². The van der Waals surface area contributed by atoms with Gasteiger partial charge in [0.15, 0.2) is 0 Å². The second-order valence-electron chi connectivity index (χ2n) is 5.59. The lowest BCUT2D eigenvalue weighted by Gasteiger charge is -2.18. The number of fused-ring (bicyclic) bond motifs is 1. The highest BCUT2D eigenvalue weighted by Gasteiger charge is 2.21. The van der Waals surface area contributed by atoms with Crippen molar-refractivity contribution in [1.82, 2.24) is 25.2 Å². The molecule has 0 saturated carbocycles. The quantitative estimate of drug-likeness (QED) is 0.690. The highest BCUT2D eigenvalue weighted by atomic mass is 16.3. The fourth-order valence-electron chi connectivity index (χ4n) is 2.67. The summed E-state index contributed by atoms with van der Waals surface area (Å²) >= 11 is 0. The number of carbonyl (C=O) groups excluding carboxylic acids is 1. The van der Waals surface area contributed by atoms with Crippen molar-refractivity contribution in [1.29, 1.82) is 0 Å². The van der Waals surface area contributed by atoms with Gasteiger partial charge < -0.3 is 9.67 Å². The summed E-state index contributed by atoms with van der Waals surface area (Å²) in [6, 6.07) is 5.39. The summed E-state index contributed by atoms with van der Waals surface area (Å²) in [5.41, 5.74) is 0.371. The molecule has 0 radical (unpaired) electrons. The van der Waals surface area contributed by atoms with Gasteiger partial charge in [0.2, 0.25) is 11.6 Å². The third-order valence-corrected chi connectivity index (χ3v) is 4.01. The molecule has 0 atom stereocenters. The van der Waals surface area contributed by atoms with Gasteiger partial charge in [-0.2, -0.15) is 5.21 Å². The molecule has 3 aromatic rings. The van der Waals surface area contributed by atoms with E-state index in [0.29, 0.717) is 10.9 Å². The Bertz CT molecular complexity index is 960. The van der Waals surface area contributed by atoms with Crippen molar-refractivity contribution in [2.45, 2.75) is 26.2 Å². The molecule has 0 bridgehead atoms. The van der Waals surface area contributed by atoms with Crippen LogP contribution in [0.25, 0.3) is 10.9 Å². The van der Waals surface area contributed by atoms with Crippen LogP contribution in [0.4, 0.5) is 0 Å².